The molecule has 2 aliphatic rings. The number of carboxylic acid groups (broad SMARTS) is 1. The fraction of sp³-hybridized carbons (Fsp3) is 0.800. The Hall–Kier alpha value is -1.59. The van der Waals surface area contributed by atoms with E-state index in [1.165, 1.54) is 0 Å². The molecule has 0 heterocycles. The van der Waals surface area contributed by atoms with Crippen LogP contribution in [0.1, 0.15) is 57.8 Å². The van der Waals surface area contributed by atoms with Crippen LogP contribution in [0.5, 0.6) is 0 Å². The Morgan fingerprint density at radius 3 is 2.14 bits per heavy atom. The highest BCUT2D eigenvalue weighted by Gasteiger charge is 2.43. The molecule has 0 atom stereocenters. The second-order valence-corrected chi connectivity index (χ2v) is 6.49. The molecule has 2 fully saturated rings. The molecule has 4 N–H and O–H groups in total. The van der Waals surface area contributed by atoms with E-state index in [1.807, 2.05) is 0 Å². The van der Waals surface area contributed by atoms with Gasteiger partial charge in [-0.05, 0) is 38.5 Å². The molecule has 0 aromatic rings. The zero-order valence-electron chi connectivity index (χ0n) is 12.3. The third kappa shape index (κ3) is 3.74. The number of amides is 2. The van der Waals surface area contributed by atoms with E-state index in [0.717, 1.165) is 25.7 Å². The van der Waals surface area contributed by atoms with E-state index >= 15 is 0 Å². The second-order valence-electron chi connectivity index (χ2n) is 6.49. The topological polar surface area (TPSA) is 109 Å². The van der Waals surface area contributed by atoms with Crippen LogP contribution in [-0.4, -0.2) is 28.9 Å². The number of carbonyl (C=O) groups is 3. The number of carboxylic acids is 1. The molecule has 0 unspecified atom stereocenters. The molecule has 21 heavy (non-hydrogen) atoms. The molecule has 2 amide bonds. The highest BCUT2D eigenvalue weighted by atomic mass is 16.4. The Morgan fingerprint density at radius 2 is 1.67 bits per heavy atom. The maximum atomic E-state index is 12.1. The summed E-state index contributed by atoms with van der Waals surface area (Å²) in [6.07, 6.45) is 5.87. The van der Waals surface area contributed by atoms with Crippen LogP contribution < -0.4 is 11.1 Å². The van der Waals surface area contributed by atoms with Gasteiger partial charge >= 0.3 is 5.97 Å². The number of carbonyl (C=O) groups excluding carboxylic acids is 2. The second kappa shape index (κ2) is 6.45. The van der Waals surface area contributed by atoms with Gasteiger partial charge in [0.15, 0.2) is 0 Å². The Kier molecular flexibility index (Phi) is 4.85. The van der Waals surface area contributed by atoms with Crippen molar-refractivity contribution in [3.63, 3.8) is 0 Å². The van der Waals surface area contributed by atoms with Crippen molar-refractivity contribution >= 4 is 17.8 Å². The zero-order chi connectivity index (χ0) is 15.5. The molecule has 118 valence electrons. The van der Waals surface area contributed by atoms with E-state index in [1.54, 1.807) is 0 Å². The molecule has 0 aliphatic heterocycles. The Labute approximate surface area is 124 Å². The van der Waals surface area contributed by atoms with Crippen LogP contribution in [0.25, 0.3) is 0 Å². The van der Waals surface area contributed by atoms with Crippen LogP contribution >= 0.6 is 0 Å². The molecule has 0 aromatic heterocycles. The van der Waals surface area contributed by atoms with Gasteiger partial charge in [-0.15, -0.1) is 0 Å². The van der Waals surface area contributed by atoms with E-state index in [4.69, 9.17) is 5.73 Å². The summed E-state index contributed by atoms with van der Waals surface area (Å²) in [5.41, 5.74) is 4.42. The SMILES string of the molecule is NC(=O)C1CCC(NC(=O)CC2(C(=O)O)CCCC2)CC1. The van der Waals surface area contributed by atoms with Crippen LogP contribution in [0, 0.1) is 11.3 Å². The largest absolute Gasteiger partial charge is 0.481 e. The van der Waals surface area contributed by atoms with Crippen molar-refractivity contribution in [3.05, 3.63) is 0 Å². The number of hydrogen-bond acceptors (Lipinski definition) is 3. The minimum Gasteiger partial charge on any atom is -0.481 e. The molecule has 2 saturated carbocycles. The van der Waals surface area contributed by atoms with E-state index in [0.29, 0.717) is 25.7 Å². The number of hydrogen-bond donors (Lipinski definition) is 3. The average molecular weight is 296 g/mol. The Morgan fingerprint density at radius 1 is 1.10 bits per heavy atom. The summed E-state index contributed by atoms with van der Waals surface area (Å²) >= 11 is 0. The van der Waals surface area contributed by atoms with Crippen molar-refractivity contribution in [1.29, 1.82) is 0 Å². The van der Waals surface area contributed by atoms with Crippen molar-refractivity contribution in [1.82, 2.24) is 5.32 Å². The normalized spacial score (nSPS) is 28.0. The summed E-state index contributed by atoms with van der Waals surface area (Å²) in [6.45, 7) is 0. The van der Waals surface area contributed by atoms with Crippen molar-refractivity contribution in [2.45, 2.75) is 63.8 Å². The molecule has 6 heteroatoms. The molecule has 0 saturated heterocycles. The minimum absolute atomic E-state index is 0.0420. The third-order valence-corrected chi connectivity index (χ3v) is 5.01. The first-order valence-corrected chi connectivity index (χ1v) is 7.75. The minimum atomic E-state index is -0.867. The monoisotopic (exact) mass is 296 g/mol. The molecular weight excluding hydrogens is 272 g/mol. The fourth-order valence-electron chi connectivity index (χ4n) is 3.63. The predicted molar refractivity (Wildman–Crippen MR) is 76.2 cm³/mol. The van der Waals surface area contributed by atoms with Gasteiger partial charge in [-0.25, -0.2) is 0 Å². The van der Waals surface area contributed by atoms with Gasteiger partial charge in [0.2, 0.25) is 11.8 Å². The average Bonchev–Trinajstić information content (AvgIpc) is 2.89. The number of nitrogens with one attached hydrogen (secondary N) is 1. The molecule has 0 aromatic carbocycles. The lowest BCUT2D eigenvalue weighted by Crippen LogP contribution is -2.42. The number of rotatable bonds is 5. The molecule has 0 bridgehead atoms. The third-order valence-electron chi connectivity index (χ3n) is 5.01. The number of nitrogens with two attached hydrogens (primary N) is 1. The summed E-state index contributed by atoms with van der Waals surface area (Å²) < 4.78 is 0. The number of primary amides is 1. The molecule has 2 rings (SSSR count). The van der Waals surface area contributed by atoms with Crippen molar-refractivity contribution in [2.75, 3.05) is 0 Å². The van der Waals surface area contributed by atoms with Gasteiger partial charge in [0.1, 0.15) is 0 Å². The Bertz CT molecular complexity index is 421. The standard InChI is InChI=1S/C15H24N2O4/c16-13(19)10-3-5-11(6-4-10)17-12(18)9-15(14(20)21)7-1-2-8-15/h10-11H,1-9H2,(H2,16,19)(H,17,18)(H,20,21). The van der Waals surface area contributed by atoms with Crippen molar-refractivity contribution < 1.29 is 19.5 Å². The van der Waals surface area contributed by atoms with Gasteiger partial charge < -0.3 is 16.2 Å². The van der Waals surface area contributed by atoms with Crippen LogP contribution in [-0.2, 0) is 14.4 Å². The van der Waals surface area contributed by atoms with Gasteiger partial charge in [-0.1, -0.05) is 12.8 Å². The molecule has 0 spiro atoms. The smallest absolute Gasteiger partial charge is 0.310 e. The van der Waals surface area contributed by atoms with Crippen molar-refractivity contribution in [3.8, 4) is 0 Å². The van der Waals surface area contributed by atoms with Gasteiger partial charge in [0, 0.05) is 18.4 Å². The molecule has 6 nitrogen and oxygen atoms in total. The summed E-state index contributed by atoms with van der Waals surface area (Å²) in [4.78, 5) is 34.7. The van der Waals surface area contributed by atoms with Crippen molar-refractivity contribution in [2.24, 2.45) is 17.1 Å². The van der Waals surface area contributed by atoms with E-state index in [2.05, 4.69) is 5.32 Å². The van der Waals surface area contributed by atoms with E-state index in [-0.39, 0.29) is 30.2 Å². The molecule has 2 aliphatic carbocycles. The van der Waals surface area contributed by atoms with Crippen LogP contribution in [0.3, 0.4) is 0 Å². The van der Waals surface area contributed by atoms with Gasteiger partial charge in [0.25, 0.3) is 0 Å². The summed E-state index contributed by atoms with van der Waals surface area (Å²) in [6, 6.07) is 0.0420. The first-order chi connectivity index (χ1) is 9.93. The van der Waals surface area contributed by atoms with Gasteiger partial charge in [-0.3, -0.25) is 14.4 Å². The Balaban J connectivity index is 1.82. The first kappa shape index (κ1) is 15.8. The van der Waals surface area contributed by atoms with Gasteiger partial charge in [0.05, 0.1) is 5.41 Å². The maximum absolute atomic E-state index is 12.1. The predicted octanol–water partition coefficient (Wildman–Crippen LogP) is 1.18. The fourth-order valence-corrected chi connectivity index (χ4v) is 3.63. The lowest BCUT2D eigenvalue weighted by molar-refractivity contribution is -0.151. The lowest BCUT2D eigenvalue weighted by Gasteiger charge is -2.29. The summed E-state index contributed by atoms with van der Waals surface area (Å²) in [5.74, 6) is -1.39. The van der Waals surface area contributed by atoms with E-state index in [9.17, 15) is 19.5 Å². The summed E-state index contributed by atoms with van der Waals surface area (Å²) in [5, 5.41) is 12.3. The first-order valence-electron chi connectivity index (χ1n) is 7.75. The maximum Gasteiger partial charge on any atom is 0.310 e. The number of aliphatic carboxylic acids is 1. The van der Waals surface area contributed by atoms with Crippen LogP contribution in [0.4, 0.5) is 0 Å². The lowest BCUT2D eigenvalue weighted by atomic mass is 9.81. The molecular formula is C15H24N2O4. The highest BCUT2D eigenvalue weighted by Crippen LogP contribution is 2.41. The summed E-state index contributed by atoms with van der Waals surface area (Å²) in [7, 11) is 0. The van der Waals surface area contributed by atoms with Gasteiger partial charge in [-0.2, -0.15) is 0 Å². The van der Waals surface area contributed by atoms with Crippen LogP contribution in [0.15, 0.2) is 0 Å². The quantitative estimate of drug-likeness (QED) is 0.707. The highest BCUT2D eigenvalue weighted by molar-refractivity contribution is 5.85. The molecule has 0 radical (unpaired) electrons. The van der Waals surface area contributed by atoms with E-state index < -0.39 is 11.4 Å². The van der Waals surface area contributed by atoms with Crippen LogP contribution in [0.2, 0.25) is 0 Å². The zero-order valence-corrected chi connectivity index (χ0v) is 12.3.